The fourth-order valence-corrected chi connectivity index (χ4v) is 4.23. The van der Waals surface area contributed by atoms with E-state index in [1.807, 2.05) is 17.0 Å². The van der Waals surface area contributed by atoms with Crippen LogP contribution in [0.25, 0.3) is 0 Å². The van der Waals surface area contributed by atoms with Crippen LogP contribution in [0.1, 0.15) is 37.7 Å². The summed E-state index contributed by atoms with van der Waals surface area (Å²) in [7, 11) is 1.69. The number of anilines is 1. The largest absolute Gasteiger partial charge is 0.384 e. The third-order valence-electron chi connectivity index (χ3n) is 4.09. The fourth-order valence-electron chi connectivity index (χ4n) is 2.81. The number of rotatable bonds is 4. The zero-order valence-corrected chi connectivity index (χ0v) is 16.7. The molecule has 1 fully saturated rings. The Morgan fingerprint density at radius 2 is 1.83 bits per heavy atom. The minimum atomic E-state index is -0.00594. The first-order chi connectivity index (χ1) is 11.1. The molecule has 2 rings (SSSR count). The highest BCUT2D eigenvalue weighted by molar-refractivity contribution is 9.11. The normalized spacial score (nSPS) is 15.9. The van der Waals surface area contributed by atoms with Crippen LogP contribution in [0.3, 0.4) is 0 Å². The molecule has 0 bridgehead atoms. The number of hydrogen-bond donors (Lipinski definition) is 1. The third-order valence-corrected chi connectivity index (χ3v) is 5.17. The molecule has 0 atom stereocenters. The van der Waals surface area contributed by atoms with Gasteiger partial charge < -0.3 is 15.0 Å². The number of urea groups is 1. The molecule has 2 amide bonds. The third kappa shape index (κ3) is 5.76. The van der Waals surface area contributed by atoms with Gasteiger partial charge in [-0.1, -0.05) is 35.2 Å². The molecule has 0 spiro atoms. The van der Waals surface area contributed by atoms with Gasteiger partial charge in [0, 0.05) is 29.1 Å². The molecule has 1 aromatic rings. The predicted octanol–water partition coefficient (Wildman–Crippen LogP) is 5.20. The van der Waals surface area contributed by atoms with Crippen molar-refractivity contribution < 1.29 is 9.53 Å². The summed E-state index contributed by atoms with van der Waals surface area (Å²) in [4.78, 5) is 14.6. The molecule has 1 N–H and O–H groups in total. The first-order valence-corrected chi connectivity index (χ1v) is 9.73. The summed E-state index contributed by atoms with van der Waals surface area (Å²) in [6.45, 7) is 2.30. The van der Waals surface area contributed by atoms with E-state index >= 15 is 0 Å². The van der Waals surface area contributed by atoms with Gasteiger partial charge in [-0.3, -0.25) is 0 Å². The molecule has 0 aliphatic carbocycles. The van der Waals surface area contributed by atoms with Crippen molar-refractivity contribution >= 4 is 43.6 Å². The van der Waals surface area contributed by atoms with E-state index in [9.17, 15) is 4.79 Å². The smallest absolute Gasteiger partial charge is 0.321 e. The van der Waals surface area contributed by atoms with Crippen LogP contribution in [0, 0.1) is 0 Å². The van der Waals surface area contributed by atoms with Crippen molar-refractivity contribution in [1.82, 2.24) is 4.90 Å². The number of ether oxygens (including phenoxy) is 1. The molecule has 1 aromatic carbocycles. The van der Waals surface area contributed by atoms with Crippen LogP contribution >= 0.6 is 31.9 Å². The van der Waals surface area contributed by atoms with Gasteiger partial charge in [0.25, 0.3) is 0 Å². The van der Waals surface area contributed by atoms with Crippen molar-refractivity contribution in [2.24, 2.45) is 0 Å². The van der Waals surface area contributed by atoms with Crippen molar-refractivity contribution in [2.75, 3.05) is 32.1 Å². The second-order valence-corrected chi connectivity index (χ2v) is 7.62. The Balaban J connectivity index is 2.12. The highest BCUT2D eigenvalue weighted by Gasteiger charge is 2.18. The van der Waals surface area contributed by atoms with Gasteiger partial charge in [0.1, 0.15) is 0 Å². The van der Waals surface area contributed by atoms with Gasteiger partial charge in [-0.15, -0.1) is 0 Å². The molecule has 0 saturated carbocycles. The van der Waals surface area contributed by atoms with E-state index in [2.05, 4.69) is 37.2 Å². The summed E-state index contributed by atoms with van der Waals surface area (Å²) < 4.78 is 7.05. The molecular formula is C17H24Br2N2O2. The summed E-state index contributed by atoms with van der Waals surface area (Å²) >= 11 is 7.07. The van der Waals surface area contributed by atoms with E-state index in [0.29, 0.717) is 6.61 Å². The van der Waals surface area contributed by atoms with E-state index in [-0.39, 0.29) is 6.03 Å². The van der Waals surface area contributed by atoms with Crippen molar-refractivity contribution in [3.8, 4) is 0 Å². The van der Waals surface area contributed by atoms with Crippen LogP contribution in [-0.4, -0.2) is 37.7 Å². The maximum Gasteiger partial charge on any atom is 0.321 e. The summed E-state index contributed by atoms with van der Waals surface area (Å²) in [5.74, 6) is 0. The van der Waals surface area contributed by atoms with Crippen LogP contribution < -0.4 is 5.32 Å². The number of nitrogens with one attached hydrogen (secondary N) is 1. The van der Waals surface area contributed by atoms with E-state index in [1.165, 1.54) is 19.3 Å². The van der Waals surface area contributed by atoms with Crippen LogP contribution in [0.5, 0.6) is 0 Å². The SMILES string of the molecule is COCCc1cc(Br)cc(Br)c1NC(=O)N1CCCCCCC1. The molecule has 4 nitrogen and oxygen atoms in total. The number of amides is 2. The average Bonchev–Trinajstić information content (AvgIpc) is 2.47. The molecule has 6 heteroatoms. The lowest BCUT2D eigenvalue weighted by atomic mass is 10.1. The van der Waals surface area contributed by atoms with E-state index in [0.717, 1.165) is 52.5 Å². The molecular weight excluding hydrogens is 424 g/mol. The molecule has 128 valence electrons. The Morgan fingerprint density at radius 3 is 2.48 bits per heavy atom. The van der Waals surface area contributed by atoms with Gasteiger partial charge in [0.2, 0.25) is 0 Å². The van der Waals surface area contributed by atoms with Gasteiger partial charge in [0.15, 0.2) is 0 Å². The lowest BCUT2D eigenvalue weighted by molar-refractivity contribution is 0.202. The second kappa shape index (κ2) is 9.64. The molecule has 0 unspecified atom stereocenters. The van der Waals surface area contributed by atoms with E-state index in [4.69, 9.17) is 4.74 Å². The Morgan fingerprint density at radius 1 is 1.17 bits per heavy atom. The molecule has 0 radical (unpaired) electrons. The standard InChI is InChI=1S/C17H24Br2N2O2/c1-23-10-7-13-11-14(18)12-15(19)16(13)20-17(22)21-8-5-3-2-4-6-9-21/h11-12H,2-10H2,1H3,(H,20,22). The Bertz CT molecular complexity index is 530. The van der Waals surface area contributed by atoms with Gasteiger partial charge in [0.05, 0.1) is 12.3 Å². The molecule has 0 aromatic heterocycles. The minimum absolute atomic E-state index is 0.00594. The maximum absolute atomic E-state index is 12.6. The number of methoxy groups -OCH3 is 1. The van der Waals surface area contributed by atoms with E-state index in [1.54, 1.807) is 7.11 Å². The predicted molar refractivity (Wildman–Crippen MR) is 101 cm³/mol. The maximum atomic E-state index is 12.6. The monoisotopic (exact) mass is 446 g/mol. The Labute approximate surface area is 155 Å². The highest BCUT2D eigenvalue weighted by atomic mass is 79.9. The first kappa shape index (κ1) is 18.7. The lowest BCUT2D eigenvalue weighted by Gasteiger charge is -2.26. The van der Waals surface area contributed by atoms with Gasteiger partial charge >= 0.3 is 6.03 Å². The molecule has 23 heavy (non-hydrogen) atoms. The zero-order valence-electron chi connectivity index (χ0n) is 13.5. The Kier molecular flexibility index (Phi) is 7.86. The van der Waals surface area contributed by atoms with Gasteiger partial charge in [-0.25, -0.2) is 4.79 Å². The van der Waals surface area contributed by atoms with Crippen LogP contribution in [0.4, 0.5) is 10.5 Å². The van der Waals surface area contributed by atoms with Crippen molar-refractivity contribution in [3.05, 3.63) is 26.6 Å². The number of hydrogen-bond acceptors (Lipinski definition) is 2. The molecule has 1 heterocycles. The summed E-state index contributed by atoms with van der Waals surface area (Å²) in [6, 6.07) is 3.99. The van der Waals surface area contributed by atoms with Crippen LogP contribution in [0.15, 0.2) is 21.1 Å². The van der Waals surface area contributed by atoms with Crippen molar-refractivity contribution in [1.29, 1.82) is 0 Å². The molecule has 1 aliphatic heterocycles. The van der Waals surface area contributed by atoms with Gasteiger partial charge in [-0.2, -0.15) is 0 Å². The van der Waals surface area contributed by atoms with Crippen LogP contribution in [-0.2, 0) is 11.2 Å². The van der Waals surface area contributed by atoms with Crippen LogP contribution in [0.2, 0.25) is 0 Å². The summed E-state index contributed by atoms with van der Waals surface area (Å²) in [6.07, 6.45) is 6.64. The topological polar surface area (TPSA) is 41.6 Å². The van der Waals surface area contributed by atoms with Crippen molar-refractivity contribution in [3.63, 3.8) is 0 Å². The average molecular weight is 448 g/mol. The van der Waals surface area contributed by atoms with E-state index < -0.39 is 0 Å². The van der Waals surface area contributed by atoms with Gasteiger partial charge in [-0.05, 0) is 52.9 Å². The summed E-state index contributed by atoms with van der Waals surface area (Å²) in [5.41, 5.74) is 1.91. The number of halogens is 2. The molecule has 1 aliphatic rings. The fraction of sp³-hybridized carbons (Fsp3) is 0.588. The Hall–Kier alpha value is -0.590. The highest BCUT2D eigenvalue weighted by Crippen LogP contribution is 2.31. The first-order valence-electron chi connectivity index (χ1n) is 8.14. The summed E-state index contributed by atoms with van der Waals surface area (Å²) in [5, 5.41) is 3.10. The lowest BCUT2D eigenvalue weighted by Crippen LogP contribution is -2.37. The minimum Gasteiger partial charge on any atom is -0.384 e. The number of likely N-dealkylation sites (tertiary alicyclic amines) is 1. The molecule has 1 saturated heterocycles. The number of carbonyl (C=O) groups is 1. The quantitative estimate of drug-likeness (QED) is 0.689. The zero-order chi connectivity index (χ0) is 16.7. The number of benzene rings is 1. The van der Waals surface area contributed by atoms with Crippen molar-refractivity contribution in [2.45, 2.75) is 38.5 Å². The number of carbonyl (C=O) groups excluding carboxylic acids is 1. The second-order valence-electron chi connectivity index (χ2n) is 5.85. The number of nitrogens with zero attached hydrogens (tertiary/aromatic N) is 1.